The van der Waals surface area contributed by atoms with Crippen LogP contribution >= 0.6 is 11.3 Å². The molecule has 1 aliphatic rings. The summed E-state index contributed by atoms with van der Waals surface area (Å²) in [4.78, 5) is 24.1. The molecule has 1 atom stereocenters. The molecule has 3 heterocycles. The molecule has 3 rings (SSSR count). The number of hydrogen-bond acceptors (Lipinski definition) is 5. The summed E-state index contributed by atoms with van der Waals surface area (Å²) < 4.78 is 0. The van der Waals surface area contributed by atoms with Crippen molar-refractivity contribution in [3.8, 4) is 0 Å². The van der Waals surface area contributed by atoms with Crippen molar-refractivity contribution in [1.29, 1.82) is 0 Å². The Kier molecular flexibility index (Phi) is 4.05. The van der Waals surface area contributed by atoms with Crippen LogP contribution in [-0.4, -0.2) is 34.1 Å². The van der Waals surface area contributed by atoms with Crippen molar-refractivity contribution in [2.24, 2.45) is 5.92 Å². The monoisotopic (exact) mass is 305 g/mol. The van der Waals surface area contributed by atoms with E-state index in [1.807, 2.05) is 0 Å². The zero-order chi connectivity index (χ0) is 14.8. The number of carbonyl (C=O) groups is 1. The number of aliphatic carboxylic acids is 1. The highest BCUT2D eigenvalue weighted by Gasteiger charge is 2.23. The number of fused-ring (bicyclic) bond motifs is 1. The Balaban J connectivity index is 1.80. The highest BCUT2D eigenvalue weighted by molar-refractivity contribution is 7.18. The van der Waals surface area contributed by atoms with Gasteiger partial charge in [0, 0.05) is 24.4 Å². The molecule has 1 saturated heterocycles. The van der Waals surface area contributed by atoms with Crippen LogP contribution in [-0.2, 0) is 4.79 Å². The molecule has 0 spiro atoms. The molecule has 2 aromatic rings. The molecule has 1 aliphatic heterocycles. The fourth-order valence-electron chi connectivity index (χ4n) is 3.04. The molecule has 5 nitrogen and oxygen atoms in total. The molecule has 0 amide bonds. The van der Waals surface area contributed by atoms with Crippen LogP contribution < -0.4 is 4.90 Å². The summed E-state index contributed by atoms with van der Waals surface area (Å²) in [5.74, 6) is 0.744. The minimum Gasteiger partial charge on any atom is -0.481 e. The molecule has 0 saturated carbocycles. The van der Waals surface area contributed by atoms with Crippen molar-refractivity contribution < 1.29 is 9.90 Å². The van der Waals surface area contributed by atoms with E-state index in [-0.39, 0.29) is 6.42 Å². The van der Waals surface area contributed by atoms with E-state index >= 15 is 0 Å². The first kappa shape index (κ1) is 14.3. The standard InChI is InChI=1S/C15H19N3O2S/c1-10-7-12-14(16-9-17-15(12)21-10)18-6-2-3-11(8-18)4-5-13(19)20/h7,9,11H,2-6,8H2,1H3,(H,19,20). The van der Waals surface area contributed by atoms with E-state index in [0.29, 0.717) is 5.92 Å². The predicted octanol–water partition coefficient (Wildman–Crippen LogP) is 3.08. The third-order valence-corrected chi connectivity index (χ3v) is 4.98. The van der Waals surface area contributed by atoms with Crippen LogP contribution in [0.1, 0.15) is 30.6 Å². The van der Waals surface area contributed by atoms with Gasteiger partial charge in [-0.15, -0.1) is 11.3 Å². The summed E-state index contributed by atoms with van der Waals surface area (Å²) in [6.07, 6.45) is 4.85. The van der Waals surface area contributed by atoms with Gasteiger partial charge in [0.15, 0.2) is 0 Å². The first-order valence-corrected chi connectivity index (χ1v) is 8.13. The minimum atomic E-state index is -0.704. The van der Waals surface area contributed by atoms with Gasteiger partial charge in [-0.25, -0.2) is 9.97 Å². The fraction of sp³-hybridized carbons (Fsp3) is 0.533. The third-order valence-electron chi connectivity index (χ3n) is 4.02. The Bertz CT molecular complexity index is 655. The molecule has 0 aromatic carbocycles. The summed E-state index contributed by atoms with van der Waals surface area (Å²) in [5, 5.41) is 9.96. The smallest absolute Gasteiger partial charge is 0.303 e. The predicted molar refractivity (Wildman–Crippen MR) is 84.0 cm³/mol. The van der Waals surface area contributed by atoms with Gasteiger partial charge < -0.3 is 10.0 Å². The second-order valence-electron chi connectivity index (χ2n) is 5.66. The summed E-state index contributed by atoms with van der Waals surface area (Å²) in [5.41, 5.74) is 0. The lowest BCUT2D eigenvalue weighted by molar-refractivity contribution is -0.137. The Labute approximate surface area is 127 Å². The van der Waals surface area contributed by atoms with Gasteiger partial charge in [-0.05, 0) is 38.2 Å². The summed E-state index contributed by atoms with van der Waals surface area (Å²) >= 11 is 1.69. The molecule has 6 heteroatoms. The molecule has 1 N–H and O–H groups in total. The number of carboxylic acids is 1. The number of anilines is 1. The molecule has 21 heavy (non-hydrogen) atoms. The molecule has 0 radical (unpaired) electrons. The molecule has 1 fully saturated rings. The lowest BCUT2D eigenvalue weighted by Gasteiger charge is -2.33. The number of aromatic nitrogens is 2. The van der Waals surface area contributed by atoms with E-state index in [1.165, 1.54) is 4.88 Å². The van der Waals surface area contributed by atoms with Crippen LogP contribution in [0.2, 0.25) is 0 Å². The van der Waals surface area contributed by atoms with E-state index < -0.39 is 5.97 Å². The van der Waals surface area contributed by atoms with Crippen molar-refractivity contribution in [3.05, 3.63) is 17.3 Å². The van der Waals surface area contributed by atoms with Gasteiger partial charge in [0.25, 0.3) is 0 Å². The second kappa shape index (κ2) is 5.97. The van der Waals surface area contributed by atoms with E-state index in [4.69, 9.17) is 5.11 Å². The maximum atomic E-state index is 10.7. The van der Waals surface area contributed by atoms with Gasteiger partial charge in [0.05, 0.1) is 5.39 Å². The fourth-order valence-corrected chi connectivity index (χ4v) is 3.88. The summed E-state index contributed by atoms with van der Waals surface area (Å²) in [6, 6.07) is 2.15. The van der Waals surface area contributed by atoms with Crippen LogP contribution in [0.3, 0.4) is 0 Å². The average molecular weight is 305 g/mol. The van der Waals surface area contributed by atoms with Crippen molar-refractivity contribution >= 4 is 33.3 Å². The van der Waals surface area contributed by atoms with Crippen molar-refractivity contribution in [2.45, 2.75) is 32.6 Å². The first-order valence-electron chi connectivity index (χ1n) is 7.31. The first-order chi connectivity index (χ1) is 10.1. The number of thiophene rings is 1. The van der Waals surface area contributed by atoms with E-state index in [0.717, 1.165) is 48.4 Å². The molecule has 112 valence electrons. The molecule has 0 bridgehead atoms. The quantitative estimate of drug-likeness (QED) is 0.940. The van der Waals surface area contributed by atoms with Crippen LogP contribution in [0.25, 0.3) is 10.2 Å². The van der Waals surface area contributed by atoms with Gasteiger partial charge >= 0.3 is 5.97 Å². The average Bonchev–Trinajstić information content (AvgIpc) is 2.85. The molecule has 2 aromatic heterocycles. The van der Waals surface area contributed by atoms with Gasteiger partial charge in [-0.1, -0.05) is 0 Å². The van der Waals surface area contributed by atoms with Gasteiger partial charge in [-0.2, -0.15) is 0 Å². The number of rotatable bonds is 4. The summed E-state index contributed by atoms with van der Waals surface area (Å²) in [7, 11) is 0. The second-order valence-corrected chi connectivity index (χ2v) is 6.89. The maximum Gasteiger partial charge on any atom is 0.303 e. The highest BCUT2D eigenvalue weighted by atomic mass is 32.1. The number of hydrogen-bond donors (Lipinski definition) is 1. The van der Waals surface area contributed by atoms with E-state index in [2.05, 4.69) is 27.9 Å². The third kappa shape index (κ3) is 3.15. The Morgan fingerprint density at radius 2 is 2.38 bits per heavy atom. The van der Waals surface area contributed by atoms with Gasteiger partial charge in [0.1, 0.15) is 17.0 Å². The molecular formula is C15H19N3O2S. The number of aryl methyl sites for hydroxylation is 1. The Morgan fingerprint density at radius 1 is 1.52 bits per heavy atom. The molecule has 1 unspecified atom stereocenters. The topological polar surface area (TPSA) is 66.3 Å². The Morgan fingerprint density at radius 3 is 3.19 bits per heavy atom. The van der Waals surface area contributed by atoms with Crippen LogP contribution in [0, 0.1) is 12.8 Å². The van der Waals surface area contributed by atoms with Gasteiger partial charge in [-0.3, -0.25) is 4.79 Å². The van der Waals surface area contributed by atoms with Crippen molar-refractivity contribution in [2.75, 3.05) is 18.0 Å². The molecular weight excluding hydrogens is 286 g/mol. The van der Waals surface area contributed by atoms with E-state index in [1.54, 1.807) is 17.7 Å². The largest absolute Gasteiger partial charge is 0.481 e. The zero-order valence-electron chi connectivity index (χ0n) is 12.1. The number of piperidine rings is 1. The minimum absolute atomic E-state index is 0.259. The van der Waals surface area contributed by atoms with Crippen LogP contribution in [0.5, 0.6) is 0 Å². The lowest BCUT2D eigenvalue weighted by Crippen LogP contribution is -2.36. The van der Waals surface area contributed by atoms with Gasteiger partial charge in [0.2, 0.25) is 0 Å². The number of nitrogens with zero attached hydrogens (tertiary/aromatic N) is 3. The number of carboxylic acid groups (broad SMARTS) is 1. The highest BCUT2D eigenvalue weighted by Crippen LogP contribution is 2.32. The zero-order valence-corrected chi connectivity index (χ0v) is 12.9. The normalized spacial score (nSPS) is 19.1. The van der Waals surface area contributed by atoms with Crippen molar-refractivity contribution in [1.82, 2.24) is 9.97 Å². The maximum absolute atomic E-state index is 10.7. The van der Waals surface area contributed by atoms with Crippen LogP contribution in [0.4, 0.5) is 5.82 Å². The van der Waals surface area contributed by atoms with E-state index in [9.17, 15) is 4.79 Å². The van der Waals surface area contributed by atoms with Crippen molar-refractivity contribution in [3.63, 3.8) is 0 Å². The summed E-state index contributed by atoms with van der Waals surface area (Å²) in [6.45, 7) is 3.97. The van der Waals surface area contributed by atoms with Crippen LogP contribution in [0.15, 0.2) is 12.4 Å². The molecule has 0 aliphatic carbocycles. The lowest BCUT2D eigenvalue weighted by atomic mass is 9.93. The Hall–Kier alpha value is -1.69. The SMILES string of the molecule is Cc1cc2c(N3CCCC(CCC(=O)O)C3)ncnc2s1.